The first-order valence-electron chi connectivity index (χ1n) is 14.6. The summed E-state index contributed by atoms with van der Waals surface area (Å²) in [6, 6.07) is 11.1. The SMILES string of the molecule is CCCC(C)N1C(=O)c2ccc3c4c(Br)cc5c6c(ccc(c7c(Br)cc(c2c37)C1=O)c64)C(=O)N(C(C)CCC)C5O. The van der Waals surface area contributed by atoms with Crippen LogP contribution in [-0.2, 0) is 0 Å². The minimum absolute atomic E-state index is 0.118. The number of hydrogen-bond acceptors (Lipinski definition) is 4. The normalized spacial score (nSPS) is 18.4. The minimum Gasteiger partial charge on any atom is -0.369 e. The first-order chi connectivity index (χ1) is 20.1. The zero-order chi connectivity index (χ0) is 29.8. The average molecular weight is 690 g/mol. The smallest absolute Gasteiger partial charge is 0.261 e. The van der Waals surface area contributed by atoms with Gasteiger partial charge in [-0.05, 0) is 67.1 Å². The number of carbonyl (C=O) groups excluding carboxylic acids is 3. The lowest BCUT2D eigenvalue weighted by atomic mass is 9.81. The highest BCUT2D eigenvalue weighted by atomic mass is 79.9. The molecule has 2 heterocycles. The molecule has 0 saturated carbocycles. The Kier molecular flexibility index (Phi) is 6.42. The Morgan fingerprint density at radius 2 is 1.21 bits per heavy atom. The highest BCUT2D eigenvalue weighted by molar-refractivity contribution is 9.11. The summed E-state index contributed by atoms with van der Waals surface area (Å²) in [7, 11) is 0. The molecule has 0 aliphatic carbocycles. The van der Waals surface area contributed by atoms with E-state index in [1.54, 1.807) is 4.90 Å². The maximum Gasteiger partial charge on any atom is 0.261 e. The summed E-state index contributed by atoms with van der Waals surface area (Å²) in [5.41, 5.74) is 2.30. The minimum atomic E-state index is -1.07. The fraction of sp³-hybridized carbons (Fsp3) is 0.324. The fourth-order valence-electron chi connectivity index (χ4n) is 7.46. The Hall–Kier alpha value is -3.07. The van der Waals surface area contributed by atoms with Gasteiger partial charge in [0.2, 0.25) is 0 Å². The second kappa shape index (κ2) is 9.73. The average Bonchev–Trinajstić information content (AvgIpc) is 2.95. The number of rotatable bonds is 6. The van der Waals surface area contributed by atoms with Gasteiger partial charge >= 0.3 is 0 Å². The van der Waals surface area contributed by atoms with E-state index in [0.29, 0.717) is 27.6 Å². The van der Waals surface area contributed by atoms with Gasteiger partial charge in [0.15, 0.2) is 6.23 Å². The first-order valence-corrected chi connectivity index (χ1v) is 16.2. The van der Waals surface area contributed by atoms with Crippen LogP contribution in [0.25, 0.3) is 43.1 Å². The van der Waals surface area contributed by atoms with Crippen LogP contribution in [0.15, 0.2) is 45.3 Å². The van der Waals surface area contributed by atoms with E-state index in [1.807, 2.05) is 57.2 Å². The number of nitrogens with zero attached hydrogens (tertiary/aromatic N) is 2. The summed E-state index contributed by atoms with van der Waals surface area (Å²) in [5, 5.41) is 18.3. The first kappa shape index (κ1) is 27.7. The van der Waals surface area contributed by atoms with Crippen LogP contribution in [0.2, 0.25) is 0 Å². The zero-order valence-corrected chi connectivity index (χ0v) is 27.0. The molecule has 5 aromatic carbocycles. The number of hydrogen-bond donors (Lipinski definition) is 1. The van der Waals surface area contributed by atoms with Crippen LogP contribution >= 0.6 is 31.9 Å². The maximum absolute atomic E-state index is 13.9. The third kappa shape index (κ3) is 3.49. The third-order valence-electron chi connectivity index (χ3n) is 9.27. The van der Waals surface area contributed by atoms with Crippen molar-refractivity contribution in [2.24, 2.45) is 0 Å². The van der Waals surface area contributed by atoms with Gasteiger partial charge < -0.3 is 10.0 Å². The molecule has 3 amide bonds. The number of aliphatic hydroxyl groups is 1. The highest BCUT2D eigenvalue weighted by Gasteiger charge is 2.40. The maximum atomic E-state index is 13.9. The third-order valence-corrected chi connectivity index (χ3v) is 10.5. The van der Waals surface area contributed by atoms with Crippen LogP contribution in [0, 0.1) is 0 Å². The molecule has 3 atom stereocenters. The van der Waals surface area contributed by atoms with Gasteiger partial charge in [-0.15, -0.1) is 0 Å². The summed E-state index contributed by atoms with van der Waals surface area (Å²) < 4.78 is 1.53. The van der Waals surface area contributed by atoms with Crippen molar-refractivity contribution < 1.29 is 19.5 Å². The molecular weight excluding hydrogens is 660 g/mol. The number of amides is 3. The largest absolute Gasteiger partial charge is 0.369 e. The van der Waals surface area contributed by atoms with E-state index in [4.69, 9.17) is 0 Å². The molecule has 0 radical (unpaired) electrons. The molecule has 6 nitrogen and oxygen atoms in total. The van der Waals surface area contributed by atoms with Crippen molar-refractivity contribution in [2.75, 3.05) is 0 Å². The monoisotopic (exact) mass is 688 g/mol. The Balaban J connectivity index is 1.60. The summed E-state index contributed by atoms with van der Waals surface area (Å²) in [5.74, 6) is -0.718. The molecule has 2 aliphatic rings. The topological polar surface area (TPSA) is 77.9 Å². The van der Waals surface area contributed by atoms with Crippen LogP contribution in [0.5, 0.6) is 0 Å². The predicted octanol–water partition coefficient (Wildman–Crippen LogP) is 8.68. The number of fused-ring (bicyclic) bond motifs is 2. The van der Waals surface area contributed by atoms with Crippen LogP contribution in [0.4, 0.5) is 0 Å². The molecule has 42 heavy (non-hydrogen) atoms. The summed E-state index contributed by atoms with van der Waals surface area (Å²) >= 11 is 7.62. The second-order valence-corrected chi connectivity index (χ2v) is 13.5. The van der Waals surface area contributed by atoms with E-state index in [1.165, 1.54) is 4.90 Å². The number of aliphatic hydroxyl groups excluding tert-OH is 1. The lowest BCUT2D eigenvalue weighted by Crippen LogP contribution is -2.45. The van der Waals surface area contributed by atoms with Crippen LogP contribution in [0.3, 0.4) is 0 Å². The van der Waals surface area contributed by atoms with E-state index in [-0.39, 0.29) is 29.8 Å². The quantitative estimate of drug-likeness (QED) is 0.110. The van der Waals surface area contributed by atoms with Gasteiger partial charge in [-0.1, -0.05) is 70.7 Å². The predicted molar refractivity (Wildman–Crippen MR) is 173 cm³/mol. The van der Waals surface area contributed by atoms with Crippen molar-refractivity contribution in [2.45, 2.75) is 71.7 Å². The fourth-order valence-corrected chi connectivity index (χ4v) is 8.76. The zero-order valence-electron chi connectivity index (χ0n) is 23.8. The van der Waals surface area contributed by atoms with Crippen molar-refractivity contribution in [1.29, 1.82) is 0 Å². The van der Waals surface area contributed by atoms with E-state index in [2.05, 4.69) is 38.8 Å². The van der Waals surface area contributed by atoms with Crippen molar-refractivity contribution in [3.63, 3.8) is 0 Å². The van der Waals surface area contributed by atoms with E-state index >= 15 is 0 Å². The highest BCUT2D eigenvalue weighted by Crippen LogP contribution is 2.51. The molecule has 0 bridgehead atoms. The number of halogens is 2. The molecule has 0 saturated heterocycles. The molecule has 1 N–H and O–H groups in total. The molecule has 0 aromatic heterocycles. The molecule has 7 rings (SSSR count). The van der Waals surface area contributed by atoms with Crippen molar-refractivity contribution >= 4 is 92.7 Å². The molecule has 8 heteroatoms. The number of carbonyl (C=O) groups is 3. The standard InChI is InChI=1S/C34H30Br2N2O4/c1-5-7-15(3)37-31(39)19-11-9-17-28-24(36)14-22-26-20(32(40)38(34(22)42)16(4)8-6-2)12-10-18(30(26)28)27-23(35)13-21(33(37)41)25(19)29(17)27/h9-16,33,41H,5-8H2,1-4H3. The lowest BCUT2D eigenvalue weighted by Gasteiger charge is -2.38. The second-order valence-electron chi connectivity index (χ2n) is 11.8. The van der Waals surface area contributed by atoms with Crippen molar-refractivity contribution in [1.82, 2.24) is 9.80 Å². The van der Waals surface area contributed by atoms with Gasteiger partial charge in [-0.3, -0.25) is 19.3 Å². The Morgan fingerprint density at radius 3 is 1.83 bits per heavy atom. The van der Waals surface area contributed by atoms with Gasteiger partial charge in [-0.25, -0.2) is 0 Å². The van der Waals surface area contributed by atoms with Gasteiger partial charge in [0.25, 0.3) is 17.7 Å². The molecule has 214 valence electrons. The van der Waals surface area contributed by atoms with Gasteiger partial charge in [0.05, 0.1) is 0 Å². The van der Waals surface area contributed by atoms with E-state index in [0.717, 1.165) is 72.3 Å². The number of benzene rings is 5. The Morgan fingerprint density at radius 1 is 0.690 bits per heavy atom. The van der Waals surface area contributed by atoms with E-state index < -0.39 is 6.23 Å². The van der Waals surface area contributed by atoms with Crippen LogP contribution in [-0.4, -0.2) is 44.7 Å². The summed E-state index contributed by atoms with van der Waals surface area (Å²) in [6.07, 6.45) is 2.23. The van der Waals surface area contributed by atoms with Crippen LogP contribution in [0.1, 0.15) is 96.2 Å². The van der Waals surface area contributed by atoms with Gasteiger partial charge in [0, 0.05) is 70.2 Å². The summed E-state index contributed by atoms with van der Waals surface area (Å²) in [4.78, 5) is 44.5. The van der Waals surface area contributed by atoms with Crippen LogP contribution < -0.4 is 0 Å². The van der Waals surface area contributed by atoms with Crippen molar-refractivity contribution in [3.8, 4) is 0 Å². The molecule has 5 aromatic rings. The van der Waals surface area contributed by atoms with Gasteiger partial charge in [-0.2, -0.15) is 0 Å². The summed E-state index contributed by atoms with van der Waals surface area (Å²) in [6.45, 7) is 8.03. The van der Waals surface area contributed by atoms with Gasteiger partial charge in [0.1, 0.15) is 0 Å². The molecule has 0 spiro atoms. The number of imide groups is 1. The van der Waals surface area contributed by atoms with Crippen molar-refractivity contribution in [3.05, 3.63) is 67.6 Å². The Labute approximate surface area is 260 Å². The molecule has 3 unspecified atom stereocenters. The van der Waals surface area contributed by atoms with E-state index in [9.17, 15) is 19.5 Å². The molecule has 2 aliphatic heterocycles. The molecule has 0 fully saturated rings. The Bertz CT molecular complexity index is 2020. The molecular formula is C34H30Br2N2O4. The lowest BCUT2D eigenvalue weighted by molar-refractivity contribution is -0.0139.